The molecule has 4 nitrogen and oxygen atoms in total. The van der Waals surface area contributed by atoms with Crippen LogP contribution in [0, 0.1) is 0 Å². The van der Waals surface area contributed by atoms with Crippen LogP contribution >= 0.6 is 15.9 Å². The molecule has 1 aliphatic heterocycles. The fourth-order valence-electron chi connectivity index (χ4n) is 2.90. The van der Waals surface area contributed by atoms with Crippen LogP contribution in [-0.4, -0.2) is 39.1 Å². The summed E-state index contributed by atoms with van der Waals surface area (Å²) in [6.45, 7) is 7.68. The summed E-state index contributed by atoms with van der Waals surface area (Å²) in [5.74, 6) is 0.466. The molecule has 0 radical (unpaired) electrons. The third-order valence-corrected chi connectivity index (χ3v) is 6.24. The van der Waals surface area contributed by atoms with Crippen LogP contribution in [0.15, 0.2) is 22.7 Å². The third kappa shape index (κ3) is 3.99. The second-order valence-electron chi connectivity index (χ2n) is 5.64. The Bertz CT molecular complexity index is 604. The first kappa shape index (κ1) is 16.8. The summed E-state index contributed by atoms with van der Waals surface area (Å²) in [4.78, 5) is 2.22. The van der Waals surface area contributed by atoms with Crippen LogP contribution in [0.3, 0.4) is 0 Å². The minimum absolute atomic E-state index is 0.00521. The summed E-state index contributed by atoms with van der Waals surface area (Å²) in [5, 5.41) is 3.43. The van der Waals surface area contributed by atoms with Gasteiger partial charge in [-0.3, -0.25) is 0 Å². The van der Waals surface area contributed by atoms with Crippen molar-refractivity contribution in [2.75, 3.05) is 29.5 Å². The van der Waals surface area contributed by atoms with Gasteiger partial charge >= 0.3 is 0 Å². The van der Waals surface area contributed by atoms with Gasteiger partial charge in [-0.1, -0.05) is 28.9 Å². The zero-order valence-corrected chi connectivity index (χ0v) is 15.2. The smallest absolute Gasteiger partial charge is 0.154 e. The average Bonchev–Trinajstić information content (AvgIpc) is 2.37. The molecule has 0 amide bonds. The molecule has 1 saturated heterocycles. The summed E-state index contributed by atoms with van der Waals surface area (Å²) in [6, 6.07) is 6.49. The first-order valence-electron chi connectivity index (χ1n) is 7.34. The van der Waals surface area contributed by atoms with E-state index in [1.54, 1.807) is 0 Å². The molecular formula is C15H23BrN2O2S. The van der Waals surface area contributed by atoms with Gasteiger partial charge < -0.3 is 10.2 Å². The normalized spacial score (nSPS) is 23.0. The standard InChI is InChI=1S/C15H23BrN2O2S/c1-4-17-12(3)14-6-5-13(16)9-15(14)18-7-8-21(19,20)10-11(18)2/h5-6,9,11-12,17H,4,7-8,10H2,1-3H3. The monoisotopic (exact) mass is 374 g/mol. The van der Waals surface area contributed by atoms with Gasteiger partial charge in [0.1, 0.15) is 0 Å². The second-order valence-corrected chi connectivity index (χ2v) is 8.78. The van der Waals surface area contributed by atoms with Crippen LogP contribution < -0.4 is 10.2 Å². The Hall–Kier alpha value is -0.590. The van der Waals surface area contributed by atoms with Gasteiger partial charge in [0, 0.05) is 28.8 Å². The number of nitrogens with zero attached hydrogens (tertiary/aromatic N) is 1. The highest BCUT2D eigenvalue weighted by Crippen LogP contribution is 2.32. The number of rotatable bonds is 4. The van der Waals surface area contributed by atoms with Crippen molar-refractivity contribution in [3.63, 3.8) is 0 Å². The molecule has 6 heteroatoms. The Morgan fingerprint density at radius 1 is 1.48 bits per heavy atom. The summed E-state index contributed by atoms with van der Waals surface area (Å²) < 4.78 is 24.6. The zero-order chi connectivity index (χ0) is 15.6. The molecule has 1 N–H and O–H groups in total. The van der Waals surface area contributed by atoms with Gasteiger partial charge in [-0.15, -0.1) is 0 Å². The number of hydrogen-bond donors (Lipinski definition) is 1. The molecule has 2 atom stereocenters. The van der Waals surface area contributed by atoms with Crippen molar-refractivity contribution in [2.45, 2.75) is 32.9 Å². The maximum atomic E-state index is 11.8. The summed E-state index contributed by atoms with van der Waals surface area (Å²) in [6.07, 6.45) is 0. The quantitative estimate of drug-likeness (QED) is 0.879. The van der Waals surface area contributed by atoms with Gasteiger partial charge in [0.15, 0.2) is 9.84 Å². The van der Waals surface area contributed by atoms with Gasteiger partial charge in [-0.2, -0.15) is 0 Å². The van der Waals surface area contributed by atoms with Crippen molar-refractivity contribution < 1.29 is 8.42 Å². The molecule has 0 saturated carbocycles. The van der Waals surface area contributed by atoms with E-state index in [2.05, 4.69) is 52.1 Å². The van der Waals surface area contributed by atoms with E-state index < -0.39 is 9.84 Å². The van der Waals surface area contributed by atoms with E-state index in [0.717, 1.165) is 16.7 Å². The van der Waals surface area contributed by atoms with Gasteiger partial charge in [0.25, 0.3) is 0 Å². The van der Waals surface area contributed by atoms with Crippen LogP contribution in [0.1, 0.15) is 32.4 Å². The summed E-state index contributed by atoms with van der Waals surface area (Å²) >= 11 is 3.53. The molecule has 2 rings (SSSR count). The zero-order valence-electron chi connectivity index (χ0n) is 12.8. The topological polar surface area (TPSA) is 49.4 Å². The highest BCUT2D eigenvalue weighted by atomic mass is 79.9. The summed E-state index contributed by atoms with van der Waals surface area (Å²) in [5.41, 5.74) is 2.34. The molecule has 0 bridgehead atoms. The largest absolute Gasteiger partial charge is 0.366 e. The number of anilines is 1. The highest BCUT2D eigenvalue weighted by Gasteiger charge is 2.30. The van der Waals surface area contributed by atoms with Crippen LogP contribution in [-0.2, 0) is 9.84 Å². The number of benzene rings is 1. The van der Waals surface area contributed by atoms with E-state index in [4.69, 9.17) is 0 Å². The molecule has 1 aromatic carbocycles. The van der Waals surface area contributed by atoms with Crippen LogP contribution in [0.25, 0.3) is 0 Å². The van der Waals surface area contributed by atoms with Crippen LogP contribution in [0.5, 0.6) is 0 Å². The Kier molecular flexibility index (Phi) is 5.33. The van der Waals surface area contributed by atoms with E-state index in [1.165, 1.54) is 5.56 Å². The van der Waals surface area contributed by atoms with E-state index >= 15 is 0 Å². The third-order valence-electron chi connectivity index (χ3n) is 3.95. The van der Waals surface area contributed by atoms with Crippen molar-refractivity contribution in [3.05, 3.63) is 28.2 Å². The highest BCUT2D eigenvalue weighted by molar-refractivity contribution is 9.10. The molecule has 0 spiro atoms. The lowest BCUT2D eigenvalue weighted by molar-refractivity contribution is 0.563. The van der Waals surface area contributed by atoms with Crippen molar-refractivity contribution in [1.29, 1.82) is 0 Å². The van der Waals surface area contributed by atoms with E-state index in [1.807, 2.05) is 13.0 Å². The van der Waals surface area contributed by atoms with E-state index in [-0.39, 0.29) is 23.6 Å². The van der Waals surface area contributed by atoms with Crippen molar-refractivity contribution in [3.8, 4) is 0 Å². The Labute approximate surface area is 136 Å². The average molecular weight is 375 g/mol. The first-order valence-corrected chi connectivity index (χ1v) is 9.95. The van der Waals surface area contributed by atoms with Gasteiger partial charge in [0.2, 0.25) is 0 Å². The molecule has 2 unspecified atom stereocenters. The minimum Gasteiger partial charge on any atom is -0.366 e. The Morgan fingerprint density at radius 3 is 2.81 bits per heavy atom. The Morgan fingerprint density at radius 2 is 2.19 bits per heavy atom. The predicted octanol–water partition coefficient (Wildman–Crippen LogP) is 2.74. The van der Waals surface area contributed by atoms with Crippen molar-refractivity contribution in [2.24, 2.45) is 0 Å². The second kappa shape index (κ2) is 6.67. The van der Waals surface area contributed by atoms with Crippen molar-refractivity contribution >= 4 is 31.5 Å². The lowest BCUT2D eigenvalue weighted by Crippen LogP contribution is -2.47. The molecule has 0 aliphatic carbocycles. The fourth-order valence-corrected chi connectivity index (χ4v) is 4.81. The molecule has 1 heterocycles. The van der Waals surface area contributed by atoms with Gasteiger partial charge in [-0.05, 0) is 38.1 Å². The van der Waals surface area contributed by atoms with Gasteiger partial charge in [-0.25, -0.2) is 8.42 Å². The van der Waals surface area contributed by atoms with Gasteiger partial charge in [0.05, 0.1) is 11.5 Å². The minimum atomic E-state index is -2.90. The molecule has 1 aromatic rings. The fraction of sp³-hybridized carbons (Fsp3) is 0.600. The number of sulfone groups is 1. The Balaban J connectivity index is 2.36. The molecule has 0 aromatic heterocycles. The SMILES string of the molecule is CCNC(C)c1ccc(Br)cc1N1CCS(=O)(=O)CC1C. The lowest BCUT2D eigenvalue weighted by atomic mass is 10.0. The first-order chi connectivity index (χ1) is 9.84. The number of nitrogens with one attached hydrogen (secondary N) is 1. The summed E-state index contributed by atoms with van der Waals surface area (Å²) in [7, 11) is -2.90. The maximum absolute atomic E-state index is 11.8. The number of hydrogen-bond acceptors (Lipinski definition) is 4. The van der Waals surface area contributed by atoms with Crippen LogP contribution in [0.2, 0.25) is 0 Å². The molecule has 21 heavy (non-hydrogen) atoms. The molecule has 118 valence electrons. The van der Waals surface area contributed by atoms with E-state index in [9.17, 15) is 8.42 Å². The number of halogens is 1. The molecule has 1 aliphatic rings. The predicted molar refractivity (Wildman–Crippen MR) is 91.7 cm³/mol. The van der Waals surface area contributed by atoms with Crippen LogP contribution in [0.4, 0.5) is 5.69 Å². The molecule has 1 fully saturated rings. The maximum Gasteiger partial charge on any atom is 0.154 e. The van der Waals surface area contributed by atoms with E-state index in [0.29, 0.717) is 6.54 Å². The lowest BCUT2D eigenvalue weighted by Gasteiger charge is -2.37. The van der Waals surface area contributed by atoms with Crippen molar-refractivity contribution in [1.82, 2.24) is 5.32 Å². The molecular weight excluding hydrogens is 352 g/mol.